The number of carbonyl (C=O) groups excluding carboxylic acids is 2. The van der Waals surface area contributed by atoms with E-state index in [9.17, 15) is 45.3 Å². The second-order valence-corrected chi connectivity index (χ2v) is 17.0. The Kier molecular flexibility index (Phi) is 31.9. The van der Waals surface area contributed by atoms with Crippen LogP contribution >= 0.6 is 0 Å². The Morgan fingerprint density at radius 2 is 1.02 bits per heavy atom. The lowest BCUT2D eigenvalue weighted by Gasteiger charge is -2.42. The lowest BCUT2D eigenvalue weighted by molar-refractivity contribution is -0.332. The molecule has 4 unspecified atom stereocenters. The molecule has 0 saturated carbocycles. The Hall–Kier alpha value is -2.02. The van der Waals surface area contributed by atoms with Crippen molar-refractivity contribution in [3.05, 3.63) is 24.3 Å². The summed E-state index contributed by atoms with van der Waals surface area (Å²) >= 11 is 0. The van der Waals surface area contributed by atoms with Crippen LogP contribution in [0.25, 0.3) is 0 Å². The number of hydrogen-bond donors (Lipinski definition) is 7. The summed E-state index contributed by atoms with van der Waals surface area (Å²) in [6, 6.07) is 0. The minimum Gasteiger partial charge on any atom is -0.462 e. The maximum Gasteiger partial charge on any atom is 0.331 e. The topological polar surface area (TPSA) is 231 Å². The molecule has 15 heteroatoms. The van der Waals surface area contributed by atoms with E-state index >= 15 is 0 Å². The van der Waals surface area contributed by atoms with Gasteiger partial charge < -0.3 is 64.2 Å². The van der Waals surface area contributed by atoms with Gasteiger partial charge in [-0.2, -0.15) is 0 Å². The molecule has 0 bridgehead atoms. The third-order valence-electron chi connectivity index (χ3n) is 11.5. The highest BCUT2D eigenvalue weighted by atomic mass is 16.7. The second kappa shape index (κ2) is 35.3. The smallest absolute Gasteiger partial charge is 0.331 e. The van der Waals surface area contributed by atoms with Crippen molar-refractivity contribution in [2.75, 3.05) is 26.4 Å². The molecule has 62 heavy (non-hydrogen) atoms. The SMILES string of the molecule is CCCCCCCCCCCCC/C=C/C=C/C(=O)O[C@H](COC(=O)CCCCCCCCCCCCC)CO[C@@H]1O[C@H](CO[C@@H]2O[C@H](CO)[C@H](O)C(O)C2O)[C@H](O)C(O)C1O. The maximum atomic E-state index is 12.8. The summed E-state index contributed by atoms with van der Waals surface area (Å²) < 4.78 is 33.3. The van der Waals surface area contributed by atoms with Crippen LogP contribution in [0.1, 0.15) is 168 Å². The Balaban J connectivity index is 1.88. The van der Waals surface area contributed by atoms with Crippen molar-refractivity contribution >= 4 is 11.9 Å². The van der Waals surface area contributed by atoms with Crippen molar-refractivity contribution in [2.24, 2.45) is 0 Å². The third-order valence-corrected chi connectivity index (χ3v) is 11.5. The van der Waals surface area contributed by atoms with E-state index in [1.54, 1.807) is 12.2 Å². The zero-order valence-corrected chi connectivity index (χ0v) is 37.9. The average molecular weight is 889 g/mol. The molecule has 11 atom stereocenters. The monoisotopic (exact) mass is 889 g/mol. The van der Waals surface area contributed by atoms with Gasteiger partial charge in [0.2, 0.25) is 0 Å². The van der Waals surface area contributed by atoms with Crippen LogP contribution in [-0.2, 0) is 38.0 Å². The van der Waals surface area contributed by atoms with E-state index < -0.39 is 99.3 Å². The Labute approximate surface area is 371 Å². The van der Waals surface area contributed by atoms with Gasteiger partial charge in [-0.3, -0.25) is 4.79 Å². The van der Waals surface area contributed by atoms with E-state index in [0.717, 1.165) is 38.5 Å². The van der Waals surface area contributed by atoms with Crippen molar-refractivity contribution in [2.45, 2.75) is 235 Å². The molecule has 2 heterocycles. The predicted molar refractivity (Wildman–Crippen MR) is 234 cm³/mol. The molecule has 0 aromatic rings. The number of carbonyl (C=O) groups is 2. The number of ether oxygens (including phenoxy) is 6. The number of allylic oxidation sites excluding steroid dienone is 3. The Bertz CT molecular complexity index is 1180. The fourth-order valence-electron chi connectivity index (χ4n) is 7.54. The van der Waals surface area contributed by atoms with Gasteiger partial charge in [-0.25, -0.2) is 4.79 Å². The first-order valence-corrected chi connectivity index (χ1v) is 24.0. The first-order chi connectivity index (χ1) is 30.0. The molecular formula is C47H84O15. The van der Waals surface area contributed by atoms with E-state index in [1.165, 1.54) is 109 Å². The molecule has 2 rings (SSSR count). The highest BCUT2D eigenvalue weighted by Gasteiger charge is 2.47. The van der Waals surface area contributed by atoms with Crippen molar-refractivity contribution < 1.29 is 73.8 Å². The van der Waals surface area contributed by atoms with Gasteiger partial charge >= 0.3 is 11.9 Å². The predicted octanol–water partition coefficient (Wildman–Crippen LogP) is 5.60. The molecule has 2 fully saturated rings. The molecule has 7 N–H and O–H groups in total. The summed E-state index contributed by atoms with van der Waals surface area (Å²) in [4.78, 5) is 25.5. The molecule has 0 aromatic carbocycles. The molecule has 0 aliphatic carbocycles. The summed E-state index contributed by atoms with van der Waals surface area (Å²) in [5, 5.41) is 71.8. The van der Waals surface area contributed by atoms with Crippen LogP contribution in [0.15, 0.2) is 24.3 Å². The molecule has 0 radical (unpaired) electrons. The molecule has 362 valence electrons. The van der Waals surface area contributed by atoms with Gasteiger partial charge in [0.15, 0.2) is 18.7 Å². The van der Waals surface area contributed by atoms with E-state index in [0.29, 0.717) is 6.42 Å². The fraction of sp³-hybridized carbons (Fsp3) is 0.872. The third kappa shape index (κ3) is 23.8. The highest BCUT2D eigenvalue weighted by molar-refractivity contribution is 5.82. The summed E-state index contributed by atoms with van der Waals surface area (Å²) in [6.45, 7) is 2.46. The highest BCUT2D eigenvalue weighted by Crippen LogP contribution is 2.26. The molecule has 2 saturated heterocycles. The minimum atomic E-state index is -1.78. The first-order valence-electron chi connectivity index (χ1n) is 24.0. The van der Waals surface area contributed by atoms with E-state index in [4.69, 9.17) is 28.4 Å². The van der Waals surface area contributed by atoms with Crippen LogP contribution in [0.2, 0.25) is 0 Å². The Morgan fingerprint density at radius 1 is 0.548 bits per heavy atom. The second-order valence-electron chi connectivity index (χ2n) is 17.0. The van der Waals surface area contributed by atoms with E-state index in [1.807, 2.05) is 6.08 Å². The summed E-state index contributed by atoms with van der Waals surface area (Å²) in [5.41, 5.74) is 0. The molecule has 15 nitrogen and oxygen atoms in total. The molecular weight excluding hydrogens is 805 g/mol. The molecule has 0 spiro atoms. The maximum absolute atomic E-state index is 12.8. The molecule has 0 aromatic heterocycles. The van der Waals surface area contributed by atoms with E-state index in [-0.39, 0.29) is 13.0 Å². The average Bonchev–Trinajstić information content (AvgIpc) is 3.26. The number of hydrogen-bond acceptors (Lipinski definition) is 15. The Morgan fingerprint density at radius 3 is 1.55 bits per heavy atom. The van der Waals surface area contributed by atoms with Gasteiger partial charge in [-0.05, 0) is 19.3 Å². The minimum absolute atomic E-state index is 0.201. The molecule has 2 aliphatic heterocycles. The van der Waals surface area contributed by atoms with Gasteiger partial charge in [-0.1, -0.05) is 160 Å². The van der Waals surface area contributed by atoms with Crippen LogP contribution in [0.4, 0.5) is 0 Å². The van der Waals surface area contributed by atoms with Gasteiger partial charge in [0, 0.05) is 12.5 Å². The molecule has 2 aliphatic rings. The lowest BCUT2D eigenvalue weighted by atomic mass is 9.98. The first kappa shape index (κ1) is 56.1. The van der Waals surface area contributed by atoms with Crippen molar-refractivity contribution in [1.82, 2.24) is 0 Å². The van der Waals surface area contributed by atoms with Gasteiger partial charge in [0.1, 0.15) is 55.4 Å². The number of aliphatic hydroxyl groups excluding tert-OH is 7. The van der Waals surface area contributed by atoms with Crippen LogP contribution in [0, 0.1) is 0 Å². The summed E-state index contributed by atoms with van der Waals surface area (Å²) in [7, 11) is 0. The van der Waals surface area contributed by atoms with Gasteiger partial charge in [0.05, 0.1) is 19.8 Å². The standard InChI is InChI=1S/C47H84O15/c1-3-5-7-9-11-13-15-16-17-18-20-22-24-26-28-30-39(50)60-35(32-57-38(49)29-27-25-23-21-19-14-12-10-8-6-4-2)33-58-46-45(56)43(54)41(52)37(62-46)34-59-47-44(55)42(53)40(51)36(31-48)61-47/h24,26,28,30,35-37,40-48,51-56H,3-23,25,27,29,31-34H2,1-2H3/b26-24+,30-28+/t35-,36-,37-,40+,41+,42?,43?,44?,45?,46-,47-/m1/s1. The van der Waals surface area contributed by atoms with Crippen LogP contribution in [0.3, 0.4) is 0 Å². The lowest BCUT2D eigenvalue weighted by Crippen LogP contribution is -2.61. The van der Waals surface area contributed by atoms with Crippen LogP contribution in [-0.4, -0.2) is 142 Å². The normalized spacial score (nSPS) is 27.2. The quantitative estimate of drug-likeness (QED) is 0.0176. The number of rotatable bonds is 36. The zero-order valence-electron chi connectivity index (χ0n) is 37.9. The number of aliphatic hydroxyl groups is 7. The van der Waals surface area contributed by atoms with Gasteiger partial charge in [-0.15, -0.1) is 0 Å². The van der Waals surface area contributed by atoms with Crippen LogP contribution < -0.4 is 0 Å². The van der Waals surface area contributed by atoms with Crippen molar-refractivity contribution in [1.29, 1.82) is 0 Å². The van der Waals surface area contributed by atoms with Crippen LogP contribution in [0.5, 0.6) is 0 Å². The summed E-state index contributed by atoms with van der Waals surface area (Å²) in [6.07, 6.45) is 17.1. The summed E-state index contributed by atoms with van der Waals surface area (Å²) in [5.74, 6) is -1.17. The van der Waals surface area contributed by atoms with E-state index in [2.05, 4.69) is 13.8 Å². The van der Waals surface area contributed by atoms with Crippen molar-refractivity contribution in [3.8, 4) is 0 Å². The largest absolute Gasteiger partial charge is 0.462 e. The zero-order chi connectivity index (χ0) is 45.4. The fourth-order valence-corrected chi connectivity index (χ4v) is 7.54. The number of esters is 2. The number of unbranched alkanes of at least 4 members (excludes halogenated alkanes) is 21. The molecule has 0 amide bonds. The van der Waals surface area contributed by atoms with Gasteiger partial charge in [0.25, 0.3) is 0 Å². The van der Waals surface area contributed by atoms with Crippen molar-refractivity contribution in [3.63, 3.8) is 0 Å².